The predicted octanol–water partition coefficient (Wildman–Crippen LogP) is 4.83. The van der Waals surface area contributed by atoms with Gasteiger partial charge in [-0.3, -0.25) is 14.9 Å². The first-order valence-electron chi connectivity index (χ1n) is 10.1. The van der Waals surface area contributed by atoms with Crippen molar-refractivity contribution >= 4 is 28.3 Å². The highest BCUT2D eigenvalue weighted by Gasteiger charge is 2.19. The molecule has 0 radical (unpaired) electrons. The van der Waals surface area contributed by atoms with Crippen LogP contribution in [0.25, 0.3) is 11.3 Å². The molecule has 7 nitrogen and oxygen atoms in total. The van der Waals surface area contributed by atoms with Crippen LogP contribution in [0, 0.1) is 11.6 Å². The molecule has 1 aromatic heterocycles. The number of halogens is 2. The minimum atomic E-state index is -1.06. The van der Waals surface area contributed by atoms with Crippen LogP contribution in [0.15, 0.2) is 47.8 Å². The summed E-state index contributed by atoms with van der Waals surface area (Å²) in [5, 5.41) is 4.37. The predicted molar refractivity (Wildman–Crippen MR) is 119 cm³/mol. The summed E-state index contributed by atoms with van der Waals surface area (Å²) in [6.45, 7) is 3.98. The van der Waals surface area contributed by atoms with E-state index in [2.05, 4.69) is 10.3 Å². The highest BCUT2D eigenvalue weighted by atomic mass is 32.1. The molecule has 0 aliphatic heterocycles. The molecule has 0 fully saturated rings. The lowest BCUT2D eigenvalue weighted by molar-refractivity contribution is -0.153. The van der Waals surface area contributed by atoms with E-state index in [0.29, 0.717) is 23.6 Å². The van der Waals surface area contributed by atoms with E-state index in [9.17, 15) is 18.4 Å². The van der Waals surface area contributed by atoms with Gasteiger partial charge in [-0.2, -0.15) is 0 Å². The Bertz CT molecular complexity index is 1100. The van der Waals surface area contributed by atoms with Gasteiger partial charge in [-0.05, 0) is 56.3 Å². The maximum atomic E-state index is 13.4. The van der Waals surface area contributed by atoms with Gasteiger partial charge in [0.1, 0.15) is 11.5 Å². The molecular weight excluding hydrogens is 454 g/mol. The molecule has 2 aromatic carbocycles. The molecule has 0 saturated carbocycles. The zero-order chi connectivity index (χ0) is 23.8. The summed E-state index contributed by atoms with van der Waals surface area (Å²) in [5.41, 5.74) is 0.753. The average molecular weight is 477 g/mol. The summed E-state index contributed by atoms with van der Waals surface area (Å²) in [6, 6.07) is 10.4. The van der Waals surface area contributed by atoms with Gasteiger partial charge < -0.3 is 14.2 Å². The summed E-state index contributed by atoms with van der Waals surface area (Å²) < 4.78 is 42.5. The van der Waals surface area contributed by atoms with Gasteiger partial charge in [0.05, 0.1) is 25.3 Å². The molecule has 0 spiro atoms. The largest absolute Gasteiger partial charge is 0.494 e. The average Bonchev–Trinajstić information content (AvgIpc) is 3.25. The van der Waals surface area contributed by atoms with Crippen LogP contribution in [0.3, 0.4) is 0 Å². The number of carbonyl (C=O) groups excluding carboxylic acids is 2. The van der Waals surface area contributed by atoms with Gasteiger partial charge in [0.2, 0.25) is 0 Å². The normalized spacial score (nSPS) is 11.5. The number of amides is 1. The van der Waals surface area contributed by atoms with Crippen LogP contribution < -0.4 is 14.8 Å². The second-order valence-corrected chi connectivity index (χ2v) is 7.65. The van der Waals surface area contributed by atoms with Gasteiger partial charge >= 0.3 is 5.97 Å². The van der Waals surface area contributed by atoms with Gasteiger partial charge in [0.15, 0.2) is 22.9 Å². The Labute approximate surface area is 193 Å². The standard InChI is InChI=1S/C23H22F2N2O5S/c1-3-30-16-5-7-17(8-6-16)31-11-10-21(28)32-14(2)22(29)27-23-26-20(13-33-23)15-4-9-18(24)19(25)12-15/h4-9,12-14H,3,10-11H2,1-2H3,(H,26,27,29)/t14-/m1/s1. The molecule has 1 amide bonds. The molecule has 0 aliphatic carbocycles. The Morgan fingerprint density at radius 1 is 1.06 bits per heavy atom. The minimum absolute atomic E-state index is 0.0393. The molecule has 3 aromatic rings. The fourth-order valence-corrected chi connectivity index (χ4v) is 3.41. The number of nitrogens with one attached hydrogen (secondary N) is 1. The van der Waals surface area contributed by atoms with E-state index in [4.69, 9.17) is 14.2 Å². The lowest BCUT2D eigenvalue weighted by atomic mass is 10.2. The number of hydrogen-bond acceptors (Lipinski definition) is 7. The highest BCUT2D eigenvalue weighted by Crippen LogP contribution is 2.26. The Morgan fingerprint density at radius 2 is 1.76 bits per heavy atom. The fourth-order valence-electron chi connectivity index (χ4n) is 2.69. The van der Waals surface area contributed by atoms with E-state index in [1.165, 1.54) is 13.0 Å². The SMILES string of the molecule is CCOc1ccc(OCCC(=O)O[C@H](C)C(=O)Nc2nc(-c3ccc(F)c(F)c3)cs2)cc1. The van der Waals surface area contributed by atoms with Crippen molar-refractivity contribution in [3.05, 3.63) is 59.5 Å². The van der Waals surface area contributed by atoms with Crippen LogP contribution in [0.5, 0.6) is 11.5 Å². The molecule has 33 heavy (non-hydrogen) atoms. The topological polar surface area (TPSA) is 86.8 Å². The maximum absolute atomic E-state index is 13.4. The lowest BCUT2D eigenvalue weighted by Gasteiger charge is -2.13. The van der Waals surface area contributed by atoms with E-state index < -0.39 is 29.6 Å². The van der Waals surface area contributed by atoms with Crippen molar-refractivity contribution in [1.29, 1.82) is 0 Å². The van der Waals surface area contributed by atoms with E-state index in [1.54, 1.807) is 29.6 Å². The molecule has 3 rings (SSSR count). The number of benzene rings is 2. The summed E-state index contributed by atoms with van der Waals surface area (Å²) in [5.74, 6) is -1.80. The van der Waals surface area contributed by atoms with Crippen LogP contribution in [0.2, 0.25) is 0 Å². The fraction of sp³-hybridized carbons (Fsp3) is 0.261. The van der Waals surface area contributed by atoms with Crippen molar-refractivity contribution in [3.63, 3.8) is 0 Å². The van der Waals surface area contributed by atoms with E-state index in [1.807, 2.05) is 6.92 Å². The second-order valence-electron chi connectivity index (χ2n) is 6.79. The monoisotopic (exact) mass is 476 g/mol. The van der Waals surface area contributed by atoms with E-state index in [0.717, 1.165) is 29.2 Å². The molecule has 0 unspecified atom stereocenters. The summed E-state index contributed by atoms with van der Waals surface area (Å²) >= 11 is 1.11. The number of hydrogen-bond donors (Lipinski definition) is 1. The smallest absolute Gasteiger partial charge is 0.310 e. The van der Waals surface area contributed by atoms with Crippen LogP contribution >= 0.6 is 11.3 Å². The maximum Gasteiger partial charge on any atom is 0.310 e. The van der Waals surface area contributed by atoms with Crippen molar-refractivity contribution < 1.29 is 32.6 Å². The molecule has 1 heterocycles. The van der Waals surface area contributed by atoms with E-state index in [-0.39, 0.29) is 18.2 Å². The first-order chi connectivity index (χ1) is 15.9. The number of carbonyl (C=O) groups is 2. The first-order valence-corrected chi connectivity index (χ1v) is 11.0. The van der Waals surface area contributed by atoms with Crippen LogP contribution in [0.1, 0.15) is 20.3 Å². The number of aromatic nitrogens is 1. The van der Waals surface area contributed by atoms with Gasteiger partial charge in [0, 0.05) is 10.9 Å². The quantitative estimate of drug-likeness (QED) is 0.422. The number of esters is 1. The third kappa shape index (κ3) is 6.98. The van der Waals surface area contributed by atoms with Gasteiger partial charge in [-0.1, -0.05) is 0 Å². The van der Waals surface area contributed by atoms with Crippen LogP contribution in [0.4, 0.5) is 13.9 Å². The first kappa shape index (κ1) is 24.1. The van der Waals surface area contributed by atoms with Gasteiger partial charge in [-0.15, -0.1) is 11.3 Å². The van der Waals surface area contributed by atoms with E-state index >= 15 is 0 Å². The number of thiazole rings is 1. The van der Waals surface area contributed by atoms with Crippen molar-refractivity contribution in [1.82, 2.24) is 4.98 Å². The van der Waals surface area contributed by atoms with Crippen molar-refractivity contribution in [2.75, 3.05) is 18.5 Å². The molecule has 0 aliphatic rings. The number of ether oxygens (including phenoxy) is 3. The minimum Gasteiger partial charge on any atom is -0.494 e. The summed E-state index contributed by atoms with van der Waals surface area (Å²) in [6.07, 6.45) is -1.10. The Hall–Kier alpha value is -3.53. The number of anilines is 1. The van der Waals surface area contributed by atoms with Crippen LogP contribution in [-0.4, -0.2) is 36.2 Å². The van der Waals surface area contributed by atoms with Gasteiger partial charge in [0.25, 0.3) is 5.91 Å². The van der Waals surface area contributed by atoms with Gasteiger partial charge in [-0.25, -0.2) is 13.8 Å². The third-order valence-electron chi connectivity index (χ3n) is 4.34. The molecule has 0 bridgehead atoms. The lowest BCUT2D eigenvalue weighted by Crippen LogP contribution is -2.30. The molecule has 10 heteroatoms. The van der Waals surface area contributed by atoms with Crippen molar-refractivity contribution in [2.24, 2.45) is 0 Å². The Kier molecular flexibility index (Phi) is 8.31. The molecule has 174 valence electrons. The molecule has 1 N–H and O–H groups in total. The van der Waals surface area contributed by atoms with Crippen LogP contribution in [-0.2, 0) is 14.3 Å². The Morgan fingerprint density at radius 3 is 2.42 bits per heavy atom. The summed E-state index contributed by atoms with van der Waals surface area (Å²) in [7, 11) is 0. The summed E-state index contributed by atoms with van der Waals surface area (Å²) in [4.78, 5) is 28.5. The highest BCUT2D eigenvalue weighted by molar-refractivity contribution is 7.14. The zero-order valence-corrected chi connectivity index (χ0v) is 18.8. The number of rotatable bonds is 10. The molecule has 1 atom stereocenters. The third-order valence-corrected chi connectivity index (χ3v) is 5.09. The number of nitrogens with zero attached hydrogens (tertiary/aromatic N) is 1. The Balaban J connectivity index is 1.44. The second kappa shape index (κ2) is 11.4. The zero-order valence-electron chi connectivity index (χ0n) is 18.0. The molecule has 0 saturated heterocycles. The van der Waals surface area contributed by atoms with Crippen molar-refractivity contribution in [2.45, 2.75) is 26.4 Å². The van der Waals surface area contributed by atoms with Crippen molar-refractivity contribution in [3.8, 4) is 22.8 Å². The molecular formula is C23H22F2N2O5S.